The van der Waals surface area contributed by atoms with Crippen molar-refractivity contribution in [1.29, 1.82) is 0 Å². The average molecular weight is 342 g/mol. The molecule has 0 radical (unpaired) electrons. The summed E-state index contributed by atoms with van der Waals surface area (Å²) in [6.45, 7) is 0. The van der Waals surface area contributed by atoms with Crippen LogP contribution in [0.15, 0.2) is 0 Å². The third-order valence-corrected chi connectivity index (χ3v) is 3.20. The maximum absolute atomic E-state index is 4.96. The Bertz CT molecular complexity index is 44.9. The molecule has 0 aromatic heterocycles. The molecule has 0 aromatic carbocycles. The summed E-state index contributed by atoms with van der Waals surface area (Å²) in [4.78, 5) is 0. The van der Waals surface area contributed by atoms with Crippen LogP contribution in [-0.4, -0.2) is 5.11 Å². The van der Waals surface area contributed by atoms with E-state index in [2.05, 4.69) is 18.0 Å². The van der Waals surface area contributed by atoms with E-state index in [1.165, 1.54) is 0 Å². The minimum absolute atomic E-state index is 0.431. The molecule has 0 heterocycles. The van der Waals surface area contributed by atoms with Crippen molar-refractivity contribution in [3.63, 3.8) is 0 Å². The maximum atomic E-state index is 4.96. The van der Waals surface area contributed by atoms with Crippen LogP contribution in [0.25, 0.3) is 0 Å². The molecule has 0 atom stereocenters. The van der Waals surface area contributed by atoms with Crippen LogP contribution in [0.5, 0.6) is 0 Å². The van der Waals surface area contributed by atoms with Gasteiger partial charge >= 0.3 is 28.8 Å². The molecule has 0 saturated heterocycles. The molecule has 2 nitrogen and oxygen atoms in total. The molecule has 0 aliphatic heterocycles. The normalized spacial score (nSPS) is 6.80. The first-order valence-electron chi connectivity index (χ1n) is 1.10. The molecule has 0 rings (SSSR count). The van der Waals surface area contributed by atoms with E-state index >= 15 is 0 Å². The molecular weight excluding hydrogens is 339 g/mol. The Morgan fingerprint density at radius 3 is 2.20 bits per heavy atom. The fourth-order valence-corrected chi connectivity index (χ4v) is 0. The van der Waals surface area contributed by atoms with Crippen molar-refractivity contribution in [3.8, 4) is 0 Å². The number of hydrogen-bond donors (Lipinski definition) is 2. The van der Waals surface area contributed by atoms with Gasteiger partial charge in [0.15, 0.2) is 0 Å². The third kappa shape index (κ3) is 2.69. The van der Waals surface area contributed by atoms with E-state index in [4.69, 9.17) is 5.73 Å². The van der Waals surface area contributed by atoms with Crippen molar-refractivity contribution in [2.75, 3.05) is 0 Å². The van der Waals surface area contributed by atoms with Crippen LogP contribution in [0.3, 0.4) is 0 Å². The van der Waals surface area contributed by atoms with E-state index in [1.54, 1.807) is 0 Å². The number of nitrogens with two attached hydrogens (primary N) is 1. The van der Waals surface area contributed by atoms with Crippen LogP contribution in [0.4, 0.5) is 0 Å². The standard InChI is InChI=1S/CH4N2S.Rf/c2-1(3)4;/h(H4,2,3,4);/q;+1/p-1. The average Bonchev–Trinajstić information content (AvgIpc) is 1.38. The number of thiocarbonyl (C=S) groups is 1. The van der Waals surface area contributed by atoms with E-state index in [-0.39, 0.29) is 0 Å². The topological polar surface area (TPSA) is 38.0 Å². The molecule has 25 valence electrons. The molecule has 0 aliphatic rings. The predicted octanol–water partition coefficient (Wildman–Crippen LogP) is -0.716. The summed E-state index contributed by atoms with van der Waals surface area (Å²) >= 11 is 4.42. The Hall–Kier alpha value is -1.31. The second-order valence-electron chi connectivity index (χ2n) is 0.541. The zero-order chi connectivity index (χ0) is 4.28. The minimum atomic E-state index is 0.431. The van der Waals surface area contributed by atoms with Crippen LogP contribution in [0.2, 0.25) is 0 Å². The quantitative estimate of drug-likeness (QED) is 0.571. The Kier molecular flexibility index (Phi) is 0.784. The summed E-state index contributed by atoms with van der Waals surface area (Å²) < 4.78 is 0.439. The molecule has 3 N–H and O–H groups in total. The number of hydrogen-bond acceptors (Lipinski definition) is 1. The van der Waals surface area contributed by atoms with Crippen molar-refractivity contribution >= 4 is 17.3 Å². The van der Waals surface area contributed by atoms with Crippen LogP contribution in [-0.2, 0) is 0 Å². The second kappa shape index (κ2) is 1.06. The van der Waals surface area contributed by atoms with Crippen LogP contribution in [0, 0.1) is 0 Å². The van der Waals surface area contributed by atoms with Crippen molar-refractivity contribution < 1.29 is 0 Å². The zero-order valence-corrected chi connectivity index (χ0v) is 9.91. The van der Waals surface area contributed by atoms with Gasteiger partial charge < -0.3 is 0 Å². The molecule has 5 heavy (non-hydrogen) atoms. The van der Waals surface area contributed by atoms with Crippen molar-refractivity contribution in [2.24, 2.45) is 5.73 Å². The first-order valence-corrected chi connectivity index (χ1v) is 4.70. The van der Waals surface area contributed by atoms with Gasteiger partial charge in [-0.3, -0.25) is 0 Å². The molecule has 0 amide bonds. The van der Waals surface area contributed by atoms with Gasteiger partial charge in [-0.1, -0.05) is 0 Å². The first-order chi connectivity index (χ1) is 2.27. The van der Waals surface area contributed by atoms with Crippen molar-refractivity contribution in [3.05, 3.63) is 0 Å². The molecule has 0 aliphatic carbocycles. The van der Waals surface area contributed by atoms with Gasteiger partial charge in [0, 0.05) is 0 Å². The van der Waals surface area contributed by atoms with Gasteiger partial charge in [-0.25, -0.2) is 0 Å². The molecule has 0 aromatic rings. The summed E-state index contributed by atoms with van der Waals surface area (Å²) in [6, 6.07) is 0. The van der Waals surface area contributed by atoms with E-state index in [0.29, 0.717) is 5.11 Å². The van der Waals surface area contributed by atoms with Gasteiger partial charge in [0.05, 0.1) is 0 Å². The molecule has 0 unspecified atom stereocenters. The van der Waals surface area contributed by atoms with Crippen LogP contribution < -0.4 is 11.5 Å². The molecule has 0 saturated carbocycles. The van der Waals surface area contributed by atoms with E-state index in [0.717, 1.165) is 0 Å². The SMILES string of the molecule is NC(=S)[NH][Rf]. The van der Waals surface area contributed by atoms with Crippen LogP contribution in [0.1, 0.15) is 0 Å². The molecule has 0 spiro atoms. The Balaban J connectivity index is 2.85. The molecule has 0 fully saturated rings. The van der Waals surface area contributed by atoms with Gasteiger partial charge in [-0.05, 0) is 0 Å². The first kappa shape index (κ1) is 3.69. The van der Waals surface area contributed by atoms with Crippen molar-refractivity contribution in [1.82, 2.24) is 5.73 Å². The van der Waals surface area contributed by atoms with E-state index in [9.17, 15) is 0 Å². The summed E-state index contributed by atoms with van der Waals surface area (Å²) in [6.07, 6.45) is 0. The Labute approximate surface area is 29.8 Å². The van der Waals surface area contributed by atoms with E-state index < -0.39 is 0 Å². The molecule has 4 heteroatoms. The van der Waals surface area contributed by atoms with Gasteiger partial charge in [-0.2, -0.15) is 0 Å². The van der Waals surface area contributed by atoms with Crippen molar-refractivity contribution in [2.45, 2.75) is 0 Å². The second-order valence-corrected chi connectivity index (χ2v) is 2.58. The molecule has 0 bridgehead atoms. The van der Waals surface area contributed by atoms with Gasteiger partial charge in [0.1, 0.15) is 0 Å². The fraction of sp³-hybridized carbons (Fsp3) is 0. The van der Waals surface area contributed by atoms with E-state index in [1.807, 2.05) is 0 Å². The summed E-state index contributed by atoms with van der Waals surface area (Å²) in [5.74, 6) is 0. The zero-order valence-electron chi connectivity index (χ0n) is 2.69. The number of nitrogens with one attached hydrogen (secondary N) is 1. The van der Waals surface area contributed by atoms with Gasteiger partial charge in [-0.15, -0.1) is 0 Å². The van der Waals surface area contributed by atoms with Gasteiger partial charge in [0.2, 0.25) is 0 Å². The summed E-state index contributed by atoms with van der Waals surface area (Å²) in [5, 5.41) is 0.431. The van der Waals surface area contributed by atoms with Gasteiger partial charge in [0.25, 0.3) is 0 Å². The summed E-state index contributed by atoms with van der Waals surface area (Å²) in [5.41, 5.74) is 7.71. The third-order valence-electron chi connectivity index (χ3n) is 0.174. The Morgan fingerprint density at radius 1 is 2.00 bits per heavy atom. The molecular formula is CH3N2RfS. The predicted molar refractivity (Wildman–Crippen MR) is 19.9 cm³/mol. The monoisotopic (exact) mass is 342 g/mol. The van der Waals surface area contributed by atoms with Crippen LogP contribution >= 0.6 is 12.2 Å². The number of rotatable bonds is 0. The fourth-order valence-electron chi connectivity index (χ4n) is 0. The summed E-state index contributed by atoms with van der Waals surface area (Å²) in [7, 11) is 0. The Morgan fingerprint density at radius 2 is 2.20 bits per heavy atom.